The molecule has 65 valence electrons. The van der Waals surface area contributed by atoms with E-state index in [-0.39, 0.29) is 0 Å². The third-order valence-electron chi connectivity index (χ3n) is 1.67. The van der Waals surface area contributed by atoms with Crippen LogP contribution in [0.1, 0.15) is 12.5 Å². The standard InChI is InChI=1S/C10H14NO/c1-2-12-10-6-4-3-5-9(10)7-8-11/h3-6,11H,2,7-8H2,1H3. The van der Waals surface area contributed by atoms with Crippen molar-refractivity contribution in [1.82, 2.24) is 5.73 Å². The average Bonchev–Trinajstić information content (AvgIpc) is 2.09. The molecule has 0 heterocycles. The Morgan fingerprint density at radius 3 is 2.75 bits per heavy atom. The lowest BCUT2D eigenvalue weighted by atomic mass is 10.1. The van der Waals surface area contributed by atoms with Gasteiger partial charge in [-0.05, 0) is 25.0 Å². The van der Waals surface area contributed by atoms with E-state index < -0.39 is 0 Å². The number of hydrogen-bond donors (Lipinski definition) is 0. The SMILES string of the molecule is CCOc1ccccc1CC[NH]. The first-order valence-electron chi connectivity index (χ1n) is 4.23. The van der Waals surface area contributed by atoms with Crippen molar-refractivity contribution >= 4 is 0 Å². The Morgan fingerprint density at radius 1 is 1.33 bits per heavy atom. The summed E-state index contributed by atoms with van der Waals surface area (Å²) in [7, 11) is 0. The average molecular weight is 164 g/mol. The molecule has 0 aliphatic heterocycles. The fourth-order valence-corrected chi connectivity index (χ4v) is 1.14. The van der Waals surface area contributed by atoms with E-state index in [1.165, 1.54) is 0 Å². The number of rotatable bonds is 4. The first-order chi connectivity index (χ1) is 5.88. The van der Waals surface area contributed by atoms with Gasteiger partial charge in [0.15, 0.2) is 0 Å². The fourth-order valence-electron chi connectivity index (χ4n) is 1.14. The molecule has 0 unspecified atom stereocenters. The first-order valence-corrected chi connectivity index (χ1v) is 4.23. The highest BCUT2D eigenvalue weighted by molar-refractivity contribution is 5.33. The Labute approximate surface area is 73.3 Å². The van der Waals surface area contributed by atoms with Crippen molar-refractivity contribution in [1.29, 1.82) is 0 Å². The van der Waals surface area contributed by atoms with E-state index in [1.807, 2.05) is 31.2 Å². The van der Waals surface area contributed by atoms with Crippen LogP contribution in [0.4, 0.5) is 0 Å². The zero-order valence-corrected chi connectivity index (χ0v) is 7.34. The van der Waals surface area contributed by atoms with E-state index in [0.29, 0.717) is 13.2 Å². The van der Waals surface area contributed by atoms with Gasteiger partial charge in [0, 0.05) is 6.54 Å². The Morgan fingerprint density at radius 2 is 2.08 bits per heavy atom. The van der Waals surface area contributed by atoms with Gasteiger partial charge in [0.25, 0.3) is 0 Å². The summed E-state index contributed by atoms with van der Waals surface area (Å²) in [6.45, 7) is 3.08. The van der Waals surface area contributed by atoms with Crippen LogP contribution in [0.2, 0.25) is 0 Å². The molecule has 0 fully saturated rings. The van der Waals surface area contributed by atoms with Crippen LogP contribution in [-0.2, 0) is 6.42 Å². The highest BCUT2D eigenvalue weighted by Crippen LogP contribution is 2.17. The van der Waals surface area contributed by atoms with Gasteiger partial charge < -0.3 is 4.74 Å². The maximum absolute atomic E-state index is 7.11. The normalized spacial score (nSPS) is 9.83. The van der Waals surface area contributed by atoms with Gasteiger partial charge in [-0.3, -0.25) is 5.73 Å². The van der Waals surface area contributed by atoms with Crippen LogP contribution < -0.4 is 10.5 Å². The summed E-state index contributed by atoms with van der Waals surface area (Å²) in [4.78, 5) is 0. The molecule has 0 saturated heterocycles. The van der Waals surface area contributed by atoms with E-state index in [0.717, 1.165) is 17.7 Å². The predicted molar refractivity (Wildman–Crippen MR) is 49.3 cm³/mol. The number of hydrogen-bond acceptors (Lipinski definition) is 1. The number of para-hydroxylation sites is 1. The van der Waals surface area contributed by atoms with Crippen molar-refractivity contribution in [3.05, 3.63) is 29.8 Å². The monoisotopic (exact) mass is 164 g/mol. The maximum atomic E-state index is 7.11. The molecule has 1 rings (SSSR count). The van der Waals surface area contributed by atoms with Crippen LogP contribution >= 0.6 is 0 Å². The quantitative estimate of drug-likeness (QED) is 0.669. The van der Waals surface area contributed by atoms with Gasteiger partial charge in [0.1, 0.15) is 5.75 Å². The molecule has 0 aliphatic carbocycles. The lowest BCUT2D eigenvalue weighted by Gasteiger charge is -2.07. The fraction of sp³-hybridized carbons (Fsp3) is 0.400. The molecule has 1 radical (unpaired) electrons. The van der Waals surface area contributed by atoms with Crippen LogP contribution in [0.3, 0.4) is 0 Å². The number of nitrogens with one attached hydrogen (secondary N) is 1. The van der Waals surface area contributed by atoms with Gasteiger partial charge in [-0.15, -0.1) is 0 Å². The van der Waals surface area contributed by atoms with Crippen LogP contribution in [0, 0.1) is 0 Å². The van der Waals surface area contributed by atoms with Crippen molar-refractivity contribution in [3.8, 4) is 5.75 Å². The van der Waals surface area contributed by atoms with E-state index in [9.17, 15) is 0 Å². The summed E-state index contributed by atoms with van der Waals surface area (Å²) in [6.07, 6.45) is 0.774. The van der Waals surface area contributed by atoms with Gasteiger partial charge in [-0.1, -0.05) is 18.2 Å². The molecule has 1 aromatic carbocycles. The van der Waals surface area contributed by atoms with Crippen molar-refractivity contribution in [3.63, 3.8) is 0 Å². The largest absolute Gasteiger partial charge is 0.494 e. The van der Waals surface area contributed by atoms with Crippen LogP contribution in [0.25, 0.3) is 0 Å². The minimum Gasteiger partial charge on any atom is -0.494 e. The van der Waals surface area contributed by atoms with Crippen LogP contribution in [-0.4, -0.2) is 13.2 Å². The second-order valence-electron chi connectivity index (χ2n) is 2.54. The highest BCUT2D eigenvalue weighted by atomic mass is 16.5. The molecule has 0 bridgehead atoms. The van der Waals surface area contributed by atoms with E-state index in [4.69, 9.17) is 10.5 Å². The lowest BCUT2D eigenvalue weighted by molar-refractivity contribution is 0.336. The first kappa shape index (κ1) is 9.07. The van der Waals surface area contributed by atoms with Gasteiger partial charge in [0.2, 0.25) is 0 Å². The van der Waals surface area contributed by atoms with E-state index >= 15 is 0 Å². The van der Waals surface area contributed by atoms with Crippen molar-refractivity contribution < 1.29 is 4.74 Å². The Hall–Kier alpha value is -1.02. The van der Waals surface area contributed by atoms with Crippen molar-refractivity contribution in [2.45, 2.75) is 13.3 Å². The third kappa shape index (κ3) is 2.24. The van der Waals surface area contributed by atoms with Crippen LogP contribution in [0.5, 0.6) is 5.75 Å². The Kier molecular flexibility index (Phi) is 3.61. The summed E-state index contributed by atoms with van der Waals surface area (Å²) in [6, 6.07) is 7.90. The molecule has 0 aliphatic rings. The molecule has 0 atom stereocenters. The Bertz CT molecular complexity index is 210. The van der Waals surface area contributed by atoms with Crippen LogP contribution in [0.15, 0.2) is 24.3 Å². The summed E-state index contributed by atoms with van der Waals surface area (Å²) >= 11 is 0. The molecule has 0 spiro atoms. The zero-order chi connectivity index (χ0) is 8.81. The summed E-state index contributed by atoms with van der Waals surface area (Å²) in [5.74, 6) is 0.923. The van der Waals surface area contributed by atoms with Gasteiger partial charge in [0.05, 0.1) is 6.61 Å². The molecular formula is C10H14NO. The molecule has 0 saturated carbocycles. The van der Waals surface area contributed by atoms with E-state index in [1.54, 1.807) is 0 Å². The highest BCUT2D eigenvalue weighted by Gasteiger charge is 1.99. The molecule has 0 amide bonds. The third-order valence-corrected chi connectivity index (χ3v) is 1.67. The molecule has 1 aromatic rings. The van der Waals surface area contributed by atoms with Crippen molar-refractivity contribution in [2.24, 2.45) is 0 Å². The lowest BCUT2D eigenvalue weighted by Crippen LogP contribution is -1.99. The molecule has 2 nitrogen and oxygen atoms in total. The maximum Gasteiger partial charge on any atom is 0.122 e. The molecule has 1 N–H and O–H groups in total. The molecule has 2 heteroatoms. The smallest absolute Gasteiger partial charge is 0.122 e. The molecular weight excluding hydrogens is 150 g/mol. The minimum atomic E-state index is 0.421. The number of ether oxygens (including phenoxy) is 1. The predicted octanol–water partition coefficient (Wildman–Crippen LogP) is 1.91. The second kappa shape index (κ2) is 4.78. The second-order valence-corrected chi connectivity index (χ2v) is 2.54. The topological polar surface area (TPSA) is 33.0 Å². The number of benzene rings is 1. The van der Waals surface area contributed by atoms with Crippen molar-refractivity contribution in [2.75, 3.05) is 13.2 Å². The van der Waals surface area contributed by atoms with Gasteiger partial charge in [-0.25, -0.2) is 0 Å². The molecule has 0 aromatic heterocycles. The van der Waals surface area contributed by atoms with Gasteiger partial charge in [-0.2, -0.15) is 0 Å². The molecule has 12 heavy (non-hydrogen) atoms. The zero-order valence-electron chi connectivity index (χ0n) is 7.34. The summed E-state index contributed by atoms with van der Waals surface area (Å²) in [5.41, 5.74) is 8.25. The minimum absolute atomic E-state index is 0.421. The van der Waals surface area contributed by atoms with Gasteiger partial charge >= 0.3 is 0 Å². The summed E-state index contributed by atoms with van der Waals surface area (Å²) in [5, 5.41) is 0. The Balaban J connectivity index is 2.77. The summed E-state index contributed by atoms with van der Waals surface area (Å²) < 4.78 is 5.41. The van der Waals surface area contributed by atoms with E-state index in [2.05, 4.69) is 0 Å².